The zero-order valence-corrected chi connectivity index (χ0v) is 18.5. The standard InChI is InChI=1S/C26H24ClN3O2/c1-2-14-32-23-12-10-20(11-13-23)26(31)29-28-16-21-18-30(25-9-4-3-8-24(21)25)17-19-6-5-7-22(27)15-19/h3-13,15-16,18H,2,14,17H2,1H3,(H,29,31)/b28-16-. The van der Waals surface area contributed by atoms with Crippen LogP contribution in [-0.2, 0) is 6.54 Å². The number of nitrogens with one attached hydrogen (secondary N) is 1. The molecule has 1 N–H and O–H groups in total. The van der Waals surface area contributed by atoms with Crippen molar-refractivity contribution in [2.45, 2.75) is 19.9 Å². The topological polar surface area (TPSA) is 55.6 Å². The van der Waals surface area contributed by atoms with Crippen molar-refractivity contribution in [3.8, 4) is 5.75 Å². The van der Waals surface area contributed by atoms with Gasteiger partial charge in [0.15, 0.2) is 0 Å². The second-order valence-corrected chi connectivity index (χ2v) is 7.87. The molecule has 0 saturated carbocycles. The molecule has 1 aromatic heterocycles. The number of rotatable bonds is 8. The predicted octanol–water partition coefficient (Wildman–Crippen LogP) is 5.90. The Morgan fingerprint density at radius 2 is 1.91 bits per heavy atom. The molecule has 1 heterocycles. The molecule has 0 fully saturated rings. The first kappa shape index (κ1) is 21.7. The lowest BCUT2D eigenvalue weighted by molar-refractivity contribution is 0.0955. The summed E-state index contributed by atoms with van der Waals surface area (Å²) in [4.78, 5) is 12.4. The van der Waals surface area contributed by atoms with E-state index >= 15 is 0 Å². The zero-order chi connectivity index (χ0) is 22.3. The second kappa shape index (κ2) is 10.2. The number of hydrogen-bond donors (Lipinski definition) is 1. The summed E-state index contributed by atoms with van der Waals surface area (Å²) in [5.41, 5.74) is 6.25. The zero-order valence-electron chi connectivity index (χ0n) is 17.8. The van der Waals surface area contributed by atoms with Gasteiger partial charge in [0.25, 0.3) is 5.91 Å². The molecule has 0 aliphatic carbocycles. The molecule has 0 unspecified atom stereocenters. The van der Waals surface area contributed by atoms with E-state index in [2.05, 4.69) is 28.1 Å². The highest BCUT2D eigenvalue weighted by atomic mass is 35.5. The maximum absolute atomic E-state index is 12.4. The average molecular weight is 446 g/mol. The highest BCUT2D eigenvalue weighted by Crippen LogP contribution is 2.22. The fraction of sp³-hybridized carbons (Fsp3) is 0.154. The molecule has 32 heavy (non-hydrogen) atoms. The van der Waals surface area contributed by atoms with Crippen LogP contribution in [0, 0.1) is 0 Å². The molecule has 0 aliphatic heterocycles. The predicted molar refractivity (Wildman–Crippen MR) is 130 cm³/mol. The molecule has 4 rings (SSSR count). The summed E-state index contributed by atoms with van der Waals surface area (Å²) >= 11 is 6.14. The molecule has 0 radical (unpaired) electrons. The summed E-state index contributed by atoms with van der Waals surface area (Å²) in [5, 5.41) is 5.96. The second-order valence-electron chi connectivity index (χ2n) is 7.43. The Bertz CT molecular complexity index is 1250. The first-order valence-electron chi connectivity index (χ1n) is 10.5. The van der Waals surface area contributed by atoms with E-state index in [0.29, 0.717) is 23.7 Å². The molecule has 4 aromatic rings. The number of carbonyl (C=O) groups excluding carboxylic acids is 1. The molecule has 1 amide bonds. The van der Waals surface area contributed by atoms with Crippen LogP contribution in [-0.4, -0.2) is 23.3 Å². The maximum atomic E-state index is 12.4. The fourth-order valence-corrected chi connectivity index (χ4v) is 3.70. The number of hydrazone groups is 1. The molecular weight excluding hydrogens is 422 g/mol. The van der Waals surface area contributed by atoms with Crippen molar-refractivity contribution in [1.29, 1.82) is 0 Å². The Balaban J connectivity index is 1.48. The van der Waals surface area contributed by atoms with E-state index < -0.39 is 0 Å². The van der Waals surface area contributed by atoms with Crippen molar-refractivity contribution in [3.63, 3.8) is 0 Å². The quantitative estimate of drug-likeness (QED) is 0.271. The van der Waals surface area contributed by atoms with Crippen LogP contribution in [0.5, 0.6) is 5.75 Å². The SMILES string of the molecule is CCCOc1ccc(C(=O)N/N=C\c2cn(Cc3cccc(Cl)c3)c3ccccc23)cc1. The van der Waals surface area contributed by atoms with Gasteiger partial charge >= 0.3 is 0 Å². The van der Waals surface area contributed by atoms with Gasteiger partial charge in [0.05, 0.1) is 12.8 Å². The van der Waals surface area contributed by atoms with E-state index in [4.69, 9.17) is 16.3 Å². The number of carbonyl (C=O) groups is 1. The van der Waals surface area contributed by atoms with Gasteiger partial charge in [-0.3, -0.25) is 4.79 Å². The summed E-state index contributed by atoms with van der Waals surface area (Å²) < 4.78 is 7.70. The number of amides is 1. The van der Waals surface area contributed by atoms with E-state index in [9.17, 15) is 4.79 Å². The third kappa shape index (κ3) is 5.18. The first-order valence-corrected chi connectivity index (χ1v) is 10.9. The van der Waals surface area contributed by atoms with Crippen molar-refractivity contribution in [2.75, 3.05) is 6.61 Å². The molecule has 0 saturated heterocycles. The van der Waals surface area contributed by atoms with Gasteiger partial charge in [-0.2, -0.15) is 5.10 Å². The molecule has 162 valence electrons. The minimum Gasteiger partial charge on any atom is -0.494 e. The van der Waals surface area contributed by atoms with Gasteiger partial charge in [-0.1, -0.05) is 48.9 Å². The van der Waals surface area contributed by atoms with Gasteiger partial charge in [-0.15, -0.1) is 0 Å². The highest BCUT2D eigenvalue weighted by molar-refractivity contribution is 6.30. The number of aromatic nitrogens is 1. The summed E-state index contributed by atoms with van der Waals surface area (Å²) in [6.07, 6.45) is 4.64. The number of fused-ring (bicyclic) bond motifs is 1. The van der Waals surface area contributed by atoms with Gasteiger partial charge in [0.2, 0.25) is 0 Å². The molecule has 6 heteroatoms. The third-order valence-electron chi connectivity index (χ3n) is 5.02. The average Bonchev–Trinajstić information content (AvgIpc) is 3.15. The molecule has 0 atom stereocenters. The first-order chi connectivity index (χ1) is 15.6. The number of halogens is 1. The monoisotopic (exact) mass is 445 g/mol. The Morgan fingerprint density at radius 1 is 1.09 bits per heavy atom. The molecule has 0 aliphatic rings. The summed E-state index contributed by atoms with van der Waals surface area (Å²) in [7, 11) is 0. The maximum Gasteiger partial charge on any atom is 0.271 e. The lowest BCUT2D eigenvalue weighted by Gasteiger charge is -2.05. The van der Waals surface area contributed by atoms with Crippen molar-refractivity contribution in [3.05, 3.63) is 101 Å². The van der Waals surface area contributed by atoms with Gasteiger partial charge < -0.3 is 9.30 Å². The van der Waals surface area contributed by atoms with Crippen LogP contribution in [0.15, 0.2) is 84.1 Å². The Kier molecular flexibility index (Phi) is 6.87. The van der Waals surface area contributed by atoms with Crippen LogP contribution in [0.2, 0.25) is 5.02 Å². The van der Waals surface area contributed by atoms with Gasteiger partial charge in [0, 0.05) is 39.8 Å². The number of para-hydroxylation sites is 1. The fourth-order valence-electron chi connectivity index (χ4n) is 3.49. The van der Waals surface area contributed by atoms with Gasteiger partial charge in [-0.05, 0) is 54.4 Å². The van der Waals surface area contributed by atoms with Crippen LogP contribution < -0.4 is 10.2 Å². The molecular formula is C26H24ClN3O2. The van der Waals surface area contributed by atoms with E-state index in [1.807, 2.05) is 48.7 Å². The van der Waals surface area contributed by atoms with Crippen LogP contribution >= 0.6 is 11.6 Å². The number of hydrogen-bond acceptors (Lipinski definition) is 3. The third-order valence-corrected chi connectivity index (χ3v) is 5.26. The van der Waals surface area contributed by atoms with Gasteiger partial charge in [-0.25, -0.2) is 5.43 Å². The Labute approximate surface area is 192 Å². The van der Waals surface area contributed by atoms with E-state index in [-0.39, 0.29) is 5.91 Å². The van der Waals surface area contributed by atoms with Crippen molar-refractivity contribution in [1.82, 2.24) is 9.99 Å². The smallest absolute Gasteiger partial charge is 0.271 e. The minimum atomic E-state index is -0.272. The van der Waals surface area contributed by atoms with Crippen LogP contribution in [0.1, 0.15) is 34.8 Å². The Hall–Kier alpha value is -3.57. The number of ether oxygens (including phenoxy) is 1. The van der Waals surface area contributed by atoms with Crippen LogP contribution in [0.3, 0.4) is 0 Å². The van der Waals surface area contributed by atoms with Crippen molar-refractivity contribution >= 4 is 34.6 Å². The minimum absolute atomic E-state index is 0.272. The van der Waals surface area contributed by atoms with E-state index in [1.165, 1.54) is 0 Å². The van der Waals surface area contributed by atoms with Crippen LogP contribution in [0.25, 0.3) is 10.9 Å². The number of nitrogens with zero attached hydrogens (tertiary/aromatic N) is 2. The summed E-state index contributed by atoms with van der Waals surface area (Å²) in [5.74, 6) is 0.477. The summed E-state index contributed by atoms with van der Waals surface area (Å²) in [6, 6.07) is 23.0. The molecule has 5 nitrogen and oxygen atoms in total. The lowest BCUT2D eigenvalue weighted by Crippen LogP contribution is -2.17. The molecule has 0 spiro atoms. The number of benzene rings is 3. The van der Waals surface area contributed by atoms with Crippen LogP contribution in [0.4, 0.5) is 0 Å². The lowest BCUT2D eigenvalue weighted by atomic mass is 10.2. The largest absolute Gasteiger partial charge is 0.494 e. The van der Waals surface area contributed by atoms with E-state index in [0.717, 1.165) is 34.2 Å². The Morgan fingerprint density at radius 3 is 2.69 bits per heavy atom. The normalized spacial score (nSPS) is 11.2. The molecule has 0 bridgehead atoms. The van der Waals surface area contributed by atoms with Crippen molar-refractivity contribution in [2.24, 2.45) is 5.10 Å². The highest BCUT2D eigenvalue weighted by Gasteiger charge is 2.08. The van der Waals surface area contributed by atoms with Gasteiger partial charge in [0.1, 0.15) is 5.75 Å². The van der Waals surface area contributed by atoms with E-state index in [1.54, 1.807) is 30.5 Å². The summed E-state index contributed by atoms with van der Waals surface area (Å²) in [6.45, 7) is 3.39. The van der Waals surface area contributed by atoms with Crippen molar-refractivity contribution < 1.29 is 9.53 Å². The molecule has 3 aromatic carbocycles.